The SMILES string of the molecule is O=C(O)CN(CC(F)(F)F)C(=O)NC1CCCN(Cc2ccccc2)C1. The second-order valence-electron chi connectivity index (χ2n) is 6.37. The number of carbonyl (C=O) groups excluding carboxylic acids is 1. The summed E-state index contributed by atoms with van der Waals surface area (Å²) in [6.07, 6.45) is -3.21. The molecule has 0 aromatic heterocycles. The molecule has 144 valence electrons. The number of amides is 2. The number of carboxylic acid groups (broad SMARTS) is 1. The van der Waals surface area contributed by atoms with Gasteiger partial charge in [-0.2, -0.15) is 13.2 Å². The fraction of sp³-hybridized carbons (Fsp3) is 0.529. The molecular formula is C17H22F3N3O3. The van der Waals surface area contributed by atoms with Crippen LogP contribution in [0.15, 0.2) is 30.3 Å². The maximum Gasteiger partial charge on any atom is 0.406 e. The van der Waals surface area contributed by atoms with E-state index in [4.69, 9.17) is 5.11 Å². The largest absolute Gasteiger partial charge is 0.480 e. The molecular weight excluding hydrogens is 351 g/mol. The van der Waals surface area contributed by atoms with E-state index in [1.54, 1.807) is 0 Å². The lowest BCUT2D eigenvalue weighted by molar-refractivity contribution is -0.149. The van der Waals surface area contributed by atoms with Gasteiger partial charge in [-0.25, -0.2) is 4.79 Å². The number of carbonyl (C=O) groups is 2. The fourth-order valence-electron chi connectivity index (χ4n) is 3.00. The van der Waals surface area contributed by atoms with Crippen LogP contribution in [0, 0.1) is 0 Å². The molecule has 1 fully saturated rings. The number of nitrogens with one attached hydrogen (secondary N) is 1. The maximum absolute atomic E-state index is 12.6. The third-order valence-electron chi connectivity index (χ3n) is 4.07. The predicted molar refractivity (Wildman–Crippen MR) is 88.5 cm³/mol. The first kappa shape index (κ1) is 20.0. The van der Waals surface area contributed by atoms with Crippen LogP contribution in [0.5, 0.6) is 0 Å². The van der Waals surface area contributed by atoms with E-state index in [1.165, 1.54) is 0 Å². The molecule has 0 aliphatic carbocycles. The molecule has 1 aromatic carbocycles. The number of carboxylic acids is 1. The molecule has 1 heterocycles. The van der Waals surface area contributed by atoms with E-state index in [1.807, 2.05) is 30.3 Å². The smallest absolute Gasteiger partial charge is 0.406 e. The molecule has 2 amide bonds. The molecule has 26 heavy (non-hydrogen) atoms. The summed E-state index contributed by atoms with van der Waals surface area (Å²) in [6, 6.07) is 8.43. The predicted octanol–water partition coefficient (Wildman–Crippen LogP) is 2.31. The summed E-state index contributed by atoms with van der Waals surface area (Å²) in [5.41, 5.74) is 1.11. The van der Waals surface area contributed by atoms with Gasteiger partial charge in [0.15, 0.2) is 0 Å². The molecule has 1 unspecified atom stereocenters. The summed E-state index contributed by atoms with van der Waals surface area (Å²) in [4.78, 5) is 25.3. The van der Waals surface area contributed by atoms with E-state index in [9.17, 15) is 22.8 Å². The quantitative estimate of drug-likeness (QED) is 0.803. The number of nitrogens with zero attached hydrogens (tertiary/aromatic N) is 2. The Kier molecular flexibility index (Phi) is 6.84. The summed E-state index contributed by atoms with van der Waals surface area (Å²) in [6.45, 7) is -0.553. The minimum Gasteiger partial charge on any atom is -0.480 e. The van der Waals surface area contributed by atoms with Crippen molar-refractivity contribution in [3.8, 4) is 0 Å². The second kappa shape index (κ2) is 8.88. The van der Waals surface area contributed by atoms with Gasteiger partial charge < -0.3 is 15.3 Å². The lowest BCUT2D eigenvalue weighted by Crippen LogP contribution is -2.53. The number of alkyl halides is 3. The van der Waals surface area contributed by atoms with Gasteiger partial charge in [0.1, 0.15) is 13.1 Å². The van der Waals surface area contributed by atoms with Gasteiger partial charge >= 0.3 is 18.2 Å². The van der Waals surface area contributed by atoms with Crippen molar-refractivity contribution in [2.75, 3.05) is 26.2 Å². The molecule has 2 N–H and O–H groups in total. The van der Waals surface area contributed by atoms with Crippen molar-refractivity contribution < 1.29 is 27.9 Å². The molecule has 9 heteroatoms. The highest BCUT2D eigenvalue weighted by atomic mass is 19.4. The van der Waals surface area contributed by atoms with Gasteiger partial charge in [-0.1, -0.05) is 30.3 Å². The Morgan fingerprint density at radius 2 is 1.96 bits per heavy atom. The van der Waals surface area contributed by atoms with Gasteiger partial charge in [0.05, 0.1) is 0 Å². The zero-order chi connectivity index (χ0) is 19.2. The second-order valence-corrected chi connectivity index (χ2v) is 6.37. The van der Waals surface area contributed by atoms with Gasteiger partial charge in [0.2, 0.25) is 0 Å². The van der Waals surface area contributed by atoms with Crippen LogP contribution >= 0.6 is 0 Å². The molecule has 0 radical (unpaired) electrons. The topological polar surface area (TPSA) is 72.9 Å². The van der Waals surface area contributed by atoms with Crippen molar-refractivity contribution in [2.24, 2.45) is 0 Å². The summed E-state index contributed by atoms with van der Waals surface area (Å²) in [5.74, 6) is -1.49. The van der Waals surface area contributed by atoms with Crippen molar-refractivity contribution in [3.05, 3.63) is 35.9 Å². The summed E-state index contributed by atoms with van der Waals surface area (Å²) < 4.78 is 37.7. The first-order valence-corrected chi connectivity index (χ1v) is 8.33. The fourth-order valence-corrected chi connectivity index (χ4v) is 3.00. The molecule has 2 rings (SSSR count). The van der Waals surface area contributed by atoms with Crippen LogP contribution in [0.25, 0.3) is 0 Å². The average Bonchev–Trinajstić information content (AvgIpc) is 2.54. The average molecular weight is 373 g/mol. The number of hydrogen-bond donors (Lipinski definition) is 2. The zero-order valence-corrected chi connectivity index (χ0v) is 14.2. The minimum absolute atomic E-state index is 0.276. The number of urea groups is 1. The van der Waals surface area contributed by atoms with E-state index in [2.05, 4.69) is 10.2 Å². The Labute approximate surface area is 149 Å². The maximum atomic E-state index is 12.6. The highest BCUT2D eigenvalue weighted by Crippen LogP contribution is 2.18. The van der Waals surface area contributed by atoms with Gasteiger partial charge in [-0.3, -0.25) is 9.69 Å². The molecule has 1 aliphatic rings. The molecule has 0 spiro atoms. The summed E-state index contributed by atoms with van der Waals surface area (Å²) in [5, 5.41) is 11.3. The first-order chi connectivity index (χ1) is 12.2. The molecule has 6 nitrogen and oxygen atoms in total. The molecule has 1 aliphatic heterocycles. The molecule has 0 saturated carbocycles. The van der Waals surface area contributed by atoms with Crippen LogP contribution < -0.4 is 5.32 Å². The Balaban J connectivity index is 1.92. The lowest BCUT2D eigenvalue weighted by Gasteiger charge is -2.34. The normalized spacial score (nSPS) is 18.3. The highest BCUT2D eigenvalue weighted by molar-refractivity contribution is 5.80. The Morgan fingerprint density at radius 1 is 1.27 bits per heavy atom. The zero-order valence-electron chi connectivity index (χ0n) is 14.2. The minimum atomic E-state index is -4.65. The standard InChI is InChI=1S/C17H22F3N3O3/c18-17(19,20)12-23(11-15(24)25)16(26)21-14-7-4-8-22(10-14)9-13-5-2-1-3-6-13/h1-3,5-6,14H,4,7-12H2,(H,21,26)(H,24,25). The molecule has 0 bridgehead atoms. The number of likely N-dealkylation sites (tertiary alicyclic amines) is 1. The molecule has 1 atom stereocenters. The van der Waals surface area contributed by atoms with Crippen molar-refractivity contribution >= 4 is 12.0 Å². The Morgan fingerprint density at radius 3 is 2.58 bits per heavy atom. The third kappa shape index (κ3) is 6.91. The monoisotopic (exact) mass is 373 g/mol. The van der Waals surface area contributed by atoms with Crippen LogP contribution in [0.4, 0.5) is 18.0 Å². The van der Waals surface area contributed by atoms with Crippen LogP contribution in [0.1, 0.15) is 18.4 Å². The first-order valence-electron chi connectivity index (χ1n) is 8.33. The van der Waals surface area contributed by atoms with Crippen LogP contribution in [0.3, 0.4) is 0 Å². The Bertz CT molecular complexity index is 610. The van der Waals surface area contributed by atoms with Crippen molar-refractivity contribution in [3.63, 3.8) is 0 Å². The van der Waals surface area contributed by atoms with Crippen LogP contribution in [0.2, 0.25) is 0 Å². The van der Waals surface area contributed by atoms with E-state index in [-0.39, 0.29) is 10.9 Å². The van der Waals surface area contributed by atoms with Gasteiger partial charge in [-0.05, 0) is 24.9 Å². The number of benzene rings is 1. The summed E-state index contributed by atoms with van der Waals surface area (Å²) >= 11 is 0. The van der Waals surface area contributed by atoms with E-state index in [0.29, 0.717) is 19.5 Å². The number of aliphatic carboxylic acids is 1. The lowest BCUT2D eigenvalue weighted by atomic mass is 10.0. The van der Waals surface area contributed by atoms with Gasteiger partial charge in [-0.15, -0.1) is 0 Å². The third-order valence-corrected chi connectivity index (χ3v) is 4.07. The van der Waals surface area contributed by atoms with Crippen LogP contribution in [-0.4, -0.2) is 65.3 Å². The van der Waals surface area contributed by atoms with Crippen LogP contribution in [-0.2, 0) is 11.3 Å². The van der Waals surface area contributed by atoms with E-state index < -0.39 is 31.3 Å². The van der Waals surface area contributed by atoms with Crippen molar-refractivity contribution in [1.29, 1.82) is 0 Å². The highest BCUT2D eigenvalue weighted by Gasteiger charge is 2.35. The number of halogens is 3. The Hall–Kier alpha value is -2.29. The number of piperidine rings is 1. The summed E-state index contributed by atoms with van der Waals surface area (Å²) in [7, 11) is 0. The molecule has 1 saturated heterocycles. The molecule has 1 aromatic rings. The number of rotatable bonds is 6. The van der Waals surface area contributed by atoms with Gasteiger partial charge in [0.25, 0.3) is 0 Å². The van der Waals surface area contributed by atoms with Gasteiger partial charge in [0, 0.05) is 19.1 Å². The number of hydrogen-bond acceptors (Lipinski definition) is 3. The van der Waals surface area contributed by atoms with E-state index >= 15 is 0 Å². The van der Waals surface area contributed by atoms with E-state index in [0.717, 1.165) is 18.5 Å². The van der Waals surface area contributed by atoms with Crippen molar-refractivity contribution in [1.82, 2.24) is 15.1 Å². The van der Waals surface area contributed by atoms with Crippen molar-refractivity contribution in [2.45, 2.75) is 31.6 Å².